The van der Waals surface area contributed by atoms with Crippen molar-refractivity contribution in [2.75, 3.05) is 31.7 Å². The van der Waals surface area contributed by atoms with Crippen LogP contribution in [0.4, 0.5) is 0 Å². The Bertz CT molecular complexity index is 541. The number of benzene rings is 1. The van der Waals surface area contributed by atoms with E-state index in [4.69, 9.17) is 9.84 Å². The highest BCUT2D eigenvalue weighted by Crippen LogP contribution is 2.12. The highest BCUT2D eigenvalue weighted by molar-refractivity contribution is 7.90. The Balaban J connectivity index is 2.18. The van der Waals surface area contributed by atoms with E-state index in [9.17, 15) is 13.2 Å². The maximum absolute atomic E-state index is 10.9. The van der Waals surface area contributed by atoms with Crippen LogP contribution in [0.25, 0.3) is 0 Å². The van der Waals surface area contributed by atoms with Gasteiger partial charge >= 0.3 is 5.97 Å². The molecule has 2 N–H and O–H groups in total. The first-order valence-corrected chi connectivity index (χ1v) is 8.29. The summed E-state index contributed by atoms with van der Waals surface area (Å²) in [7, 11) is -2.90. The lowest BCUT2D eigenvalue weighted by atomic mass is 10.2. The van der Waals surface area contributed by atoms with E-state index in [0.29, 0.717) is 31.9 Å². The van der Waals surface area contributed by atoms with Crippen LogP contribution in [-0.4, -0.2) is 51.2 Å². The van der Waals surface area contributed by atoms with E-state index >= 15 is 0 Å². The molecular weight excluding hydrogens is 282 g/mol. The average Bonchev–Trinajstić information content (AvgIpc) is 2.36. The number of carbonyl (C=O) groups is 1. The largest absolute Gasteiger partial charge is 0.492 e. The second-order valence-corrected chi connectivity index (χ2v) is 6.67. The molecule has 20 heavy (non-hydrogen) atoms. The Kier molecular flexibility index (Phi) is 6.47. The predicted molar refractivity (Wildman–Crippen MR) is 76.1 cm³/mol. The molecule has 1 aromatic carbocycles. The summed E-state index contributed by atoms with van der Waals surface area (Å²) in [5.74, 6) is -0.321. The number of carboxylic acid groups (broad SMARTS) is 1. The first-order valence-electron chi connectivity index (χ1n) is 6.23. The summed E-state index contributed by atoms with van der Waals surface area (Å²) < 4.78 is 27.2. The summed E-state index contributed by atoms with van der Waals surface area (Å²) >= 11 is 0. The molecule has 0 bridgehead atoms. The number of hydrogen-bond donors (Lipinski definition) is 2. The monoisotopic (exact) mass is 301 g/mol. The highest BCUT2D eigenvalue weighted by Gasteiger charge is 2.03. The molecular formula is C13H19NO5S. The van der Waals surface area contributed by atoms with Crippen molar-refractivity contribution >= 4 is 15.8 Å². The molecule has 0 atom stereocenters. The third kappa shape index (κ3) is 7.10. The molecule has 0 fully saturated rings. The topological polar surface area (TPSA) is 92.7 Å². The van der Waals surface area contributed by atoms with Gasteiger partial charge in [-0.15, -0.1) is 0 Å². The van der Waals surface area contributed by atoms with Gasteiger partial charge in [-0.2, -0.15) is 0 Å². The zero-order chi connectivity index (χ0) is 15.0. The van der Waals surface area contributed by atoms with Gasteiger partial charge in [0.1, 0.15) is 22.2 Å². The van der Waals surface area contributed by atoms with E-state index in [1.54, 1.807) is 12.1 Å². The van der Waals surface area contributed by atoms with Crippen LogP contribution in [0, 0.1) is 0 Å². The molecule has 7 heteroatoms. The Morgan fingerprint density at radius 2 is 2.10 bits per heavy atom. The van der Waals surface area contributed by atoms with Crippen molar-refractivity contribution in [2.24, 2.45) is 0 Å². The molecule has 0 aliphatic rings. The van der Waals surface area contributed by atoms with Gasteiger partial charge in [-0.25, -0.2) is 13.2 Å². The molecule has 0 saturated heterocycles. The van der Waals surface area contributed by atoms with Crippen molar-refractivity contribution < 1.29 is 23.1 Å². The highest BCUT2D eigenvalue weighted by atomic mass is 32.2. The summed E-state index contributed by atoms with van der Waals surface area (Å²) in [4.78, 5) is 10.8. The minimum Gasteiger partial charge on any atom is -0.492 e. The second kappa shape index (κ2) is 7.86. The molecule has 0 aliphatic heterocycles. The molecule has 0 radical (unpaired) electrons. The fourth-order valence-corrected chi connectivity index (χ4v) is 2.21. The van der Waals surface area contributed by atoms with E-state index in [1.807, 2.05) is 0 Å². The average molecular weight is 301 g/mol. The number of nitrogens with one attached hydrogen (secondary N) is 1. The molecule has 1 aromatic rings. The molecule has 1 rings (SSSR count). The first-order chi connectivity index (χ1) is 9.38. The SMILES string of the molecule is CS(=O)(=O)CCCNCCOc1cccc(C(=O)O)c1. The molecule has 0 saturated carbocycles. The van der Waals surface area contributed by atoms with Crippen molar-refractivity contribution in [2.45, 2.75) is 6.42 Å². The number of hydrogen-bond acceptors (Lipinski definition) is 5. The number of carboxylic acids is 1. The number of rotatable bonds is 9. The zero-order valence-electron chi connectivity index (χ0n) is 11.3. The molecule has 0 heterocycles. The van der Waals surface area contributed by atoms with Gasteiger partial charge in [-0.3, -0.25) is 0 Å². The summed E-state index contributed by atoms with van der Waals surface area (Å²) in [5.41, 5.74) is 0.184. The Morgan fingerprint density at radius 1 is 1.35 bits per heavy atom. The van der Waals surface area contributed by atoms with Crippen LogP contribution < -0.4 is 10.1 Å². The molecule has 0 aliphatic carbocycles. The smallest absolute Gasteiger partial charge is 0.335 e. The van der Waals surface area contributed by atoms with Gasteiger partial charge in [0, 0.05) is 12.8 Å². The molecule has 0 unspecified atom stereocenters. The number of sulfone groups is 1. The normalized spacial score (nSPS) is 11.2. The standard InChI is InChI=1S/C13H19NO5S/c1-20(17,18)9-3-6-14-7-8-19-12-5-2-4-11(10-12)13(15)16/h2,4-5,10,14H,3,6-9H2,1H3,(H,15,16). The lowest BCUT2D eigenvalue weighted by Gasteiger charge is -2.08. The van der Waals surface area contributed by atoms with E-state index in [-0.39, 0.29) is 11.3 Å². The van der Waals surface area contributed by atoms with Crippen molar-refractivity contribution in [3.8, 4) is 5.75 Å². The molecule has 0 amide bonds. The van der Waals surface area contributed by atoms with Crippen LogP contribution in [-0.2, 0) is 9.84 Å². The summed E-state index contributed by atoms with van der Waals surface area (Å²) in [5, 5.41) is 11.9. The van der Waals surface area contributed by atoms with E-state index in [2.05, 4.69) is 5.32 Å². The van der Waals surface area contributed by atoms with Crippen LogP contribution in [0.15, 0.2) is 24.3 Å². The third-order valence-corrected chi connectivity index (χ3v) is 3.53. The van der Waals surface area contributed by atoms with Gasteiger partial charge in [0.15, 0.2) is 0 Å². The zero-order valence-corrected chi connectivity index (χ0v) is 12.1. The second-order valence-electron chi connectivity index (χ2n) is 4.41. The van der Waals surface area contributed by atoms with Gasteiger partial charge in [-0.1, -0.05) is 6.07 Å². The summed E-state index contributed by atoms with van der Waals surface area (Å²) in [6.45, 7) is 1.56. The van der Waals surface area contributed by atoms with Crippen molar-refractivity contribution in [3.63, 3.8) is 0 Å². The van der Waals surface area contributed by atoms with Crippen LogP contribution in [0.2, 0.25) is 0 Å². The van der Waals surface area contributed by atoms with Crippen molar-refractivity contribution in [1.82, 2.24) is 5.32 Å². The van der Waals surface area contributed by atoms with E-state index in [1.165, 1.54) is 18.4 Å². The van der Waals surface area contributed by atoms with Gasteiger partial charge in [0.05, 0.1) is 11.3 Å². The van der Waals surface area contributed by atoms with Crippen LogP contribution >= 0.6 is 0 Å². The minimum atomic E-state index is -2.90. The van der Waals surface area contributed by atoms with Crippen molar-refractivity contribution in [1.29, 1.82) is 0 Å². The Morgan fingerprint density at radius 3 is 2.75 bits per heavy atom. The fraction of sp³-hybridized carbons (Fsp3) is 0.462. The van der Waals surface area contributed by atoms with Gasteiger partial charge in [-0.05, 0) is 31.2 Å². The molecule has 6 nitrogen and oxygen atoms in total. The van der Waals surface area contributed by atoms with Gasteiger partial charge in [0.2, 0.25) is 0 Å². The van der Waals surface area contributed by atoms with Gasteiger partial charge < -0.3 is 15.2 Å². The molecule has 0 aromatic heterocycles. The third-order valence-electron chi connectivity index (χ3n) is 2.50. The maximum atomic E-state index is 10.9. The van der Waals surface area contributed by atoms with Crippen LogP contribution in [0.5, 0.6) is 5.75 Å². The van der Waals surface area contributed by atoms with E-state index < -0.39 is 15.8 Å². The Hall–Kier alpha value is -1.60. The lowest BCUT2D eigenvalue weighted by Crippen LogP contribution is -2.23. The van der Waals surface area contributed by atoms with Crippen LogP contribution in [0.1, 0.15) is 16.8 Å². The molecule has 0 spiro atoms. The molecule has 112 valence electrons. The maximum Gasteiger partial charge on any atom is 0.335 e. The fourth-order valence-electron chi connectivity index (χ4n) is 1.54. The van der Waals surface area contributed by atoms with Crippen molar-refractivity contribution in [3.05, 3.63) is 29.8 Å². The number of ether oxygens (including phenoxy) is 1. The van der Waals surface area contributed by atoms with E-state index in [0.717, 1.165) is 0 Å². The minimum absolute atomic E-state index is 0.168. The number of aromatic carboxylic acids is 1. The Labute approximate surface area is 118 Å². The van der Waals surface area contributed by atoms with Crippen LogP contribution in [0.3, 0.4) is 0 Å². The summed E-state index contributed by atoms with van der Waals surface area (Å²) in [6, 6.07) is 6.28. The van der Waals surface area contributed by atoms with Gasteiger partial charge in [0.25, 0.3) is 0 Å². The predicted octanol–water partition coefficient (Wildman–Crippen LogP) is 0.788. The first kappa shape index (κ1) is 16.5. The quantitative estimate of drug-likeness (QED) is 0.655. The summed E-state index contributed by atoms with van der Waals surface area (Å²) in [6.07, 6.45) is 1.78. The lowest BCUT2D eigenvalue weighted by molar-refractivity contribution is 0.0696.